The molecule has 1 rings (SSSR count). The van der Waals surface area contributed by atoms with E-state index in [1.807, 2.05) is 0 Å². The average molecular weight is 226 g/mol. The van der Waals surface area contributed by atoms with Gasteiger partial charge in [-0.05, 0) is 6.92 Å². The van der Waals surface area contributed by atoms with Crippen molar-refractivity contribution in [2.75, 3.05) is 11.4 Å². The van der Waals surface area contributed by atoms with Crippen LogP contribution in [0.25, 0.3) is 0 Å². The van der Waals surface area contributed by atoms with E-state index in [0.717, 1.165) is 0 Å². The molecule has 0 aliphatic carbocycles. The molecule has 1 amide bonds. The molecule has 88 valence electrons. The molecule has 1 aromatic heterocycles. The largest absolute Gasteiger partial charge is 0.481 e. The van der Waals surface area contributed by atoms with E-state index in [9.17, 15) is 9.59 Å². The van der Waals surface area contributed by atoms with Crippen LogP contribution in [0.4, 0.5) is 5.82 Å². The molecule has 1 aromatic rings. The predicted octanol–water partition coefficient (Wildman–Crippen LogP) is 1.06. The second kappa shape index (κ2) is 4.78. The highest BCUT2D eigenvalue weighted by atomic mass is 16.5. The summed E-state index contributed by atoms with van der Waals surface area (Å²) in [4.78, 5) is 23.4. The SMILES string of the molecule is CC(=O)N(CC(C)C(=O)O)c1cc(C)on1. The molecule has 6 heteroatoms. The van der Waals surface area contributed by atoms with Gasteiger partial charge >= 0.3 is 5.97 Å². The zero-order valence-electron chi connectivity index (χ0n) is 9.43. The van der Waals surface area contributed by atoms with Gasteiger partial charge in [-0.15, -0.1) is 0 Å². The third-order valence-corrected chi connectivity index (χ3v) is 2.15. The third-order valence-electron chi connectivity index (χ3n) is 2.15. The van der Waals surface area contributed by atoms with Gasteiger partial charge in [0.1, 0.15) is 5.76 Å². The smallest absolute Gasteiger partial charge is 0.308 e. The lowest BCUT2D eigenvalue weighted by Crippen LogP contribution is -2.35. The van der Waals surface area contributed by atoms with E-state index < -0.39 is 11.9 Å². The highest BCUT2D eigenvalue weighted by Gasteiger charge is 2.21. The van der Waals surface area contributed by atoms with Crippen LogP contribution in [0.1, 0.15) is 19.6 Å². The Labute approximate surface area is 92.8 Å². The number of rotatable bonds is 4. The van der Waals surface area contributed by atoms with Crippen LogP contribution in [0.15, 0.2) is 10.6 Å². The maximum Gasteiger partial charge on any atom is 0.308 e. The monoisotopic (exact) mass is 226 g/mol. The van der Waals surface area contributed by atoms with Gasteiger partial charge in [0.2, 0.25) is 5.91 Å². The summed E-state index contributed by atoms with van der Waals surface area (Å²) in [7, 11) is 0. The molecule has 16 heavy (non-hydrogen) atoms. The summed E-state index contributed by atoms with van der Waals surface area (Å²) in [6.45, 7) is 4.68. The summed E-state index contributed by atoms with van der Waals surface area (Å²) in [5.74, 6) is -0.948. The number of aryl methyl sites for hydroxylation is 1. The summed E-state index contributed by atoms with van der Waals surface area (Å²) in [6, 6.07) is 1.59. The maximum atomic E-state index is 11.4. The van der Waals surface area contributed by atoms with E-state index in [0.29, 0.717) is 11.6 Å². The van der Waals surface area contributed by atoms with E-state index in [4.69, 9.17) is 9.63 Å². The molecule has 0 saturated heterocycles. The first-order chi connectivity index (χ1) is 7.41. The van der Waals surface area contributed by atoms with E-state index in [2.05, 4.69) is 5.16 Å². The summed E-state index contributed by atoms with van der Waals surface area (Å²) in [6.07, 6.45) is 0. The molecule has 1 N–H and O–H groups in total. The second-order valence-corrected chi connectivity index (χ2v) is 3.66. The summed E-state index contributed by atoms with van der Waals surface area (Å²) >= 11 is 0. The minimum atomic E-state index is -0.952. The molecule has 1 unspecified atom stereocenters. The number of aromatic nitrogens is 1. The Balaban J connectivity index is 2.84. The number of carboxylic acids is 1. The predicted molar refractivity (Wildman–Crippen MR) is 56.1 cm³/mol. The van der Waals surface area contributed by atoms with Crippen LogP contribution in [-0.4, -0.2) is 28.7 Å². The van der Waals surface area contributed by atoms with Gasteiger partial charge in [0.25, 0.3) is 0 Å². The fraction of sp³-hybridized carbons (Fsp3) is 0.500. The van der Waals surface area contributed by atoms with Crippen LogP contribution in [0.5, 0.6) is 0 Å². The summed E-state index contributed by atoms with van der Waals surface area (Å²) in [5.41, 5.74) is 0. The molecule has 0 aliphatic heterocycles. The van der Waals surface area contributed by atoms with Gasteiger partial charge in [-0.25, -0.2) is 0 Å². The molecule has 0 aromatic carbocycles. The molecule has 0 radical (unpaired) electrons. The van der Waals surface area contributed by atoms with Gasteiger partial charge in [-0.1, -0.05) is 12.1 Å². The third kappa shape index (κ3) is 2.82. The van der Waals surface area contributed by atoms with Crippen molar-refractivity contribution in [1.29, 1.82) is 0 Å². The van der Waals surface area contributed by atoms with Gasteiger partial charge < -0.3 is 9.63 Å². The Hall–Kier alpha value is -1.85. The molecule has 6 nitrogen and oxygen atoms in total. The van der Waals surface area contributed by atoms with Gasteiger partial charge in [0, 0.05) is 19.5 Å². The number of nitrogens with zero attached hydrogens (tertiary/aromatic N) is 2. The number of carboxylic acid groups (broad SMARTS) is 1. The molecule has 1 atom stereocenters. The van der Waals surface area contributed by atoms with Crippen LogP contribution < -0.4 is 4.90 Å². The Bertz CT molecular complexity index is 399. The standard InChI is InChI=1S/C10H14N2O4/c1-6(10(14)15)5-12(8(3)13)9-4-7(2)16-11-9/h4,6H,5H2,1-3H3,(H,14,15). The van der Waals surface area contributed by atoms with Crippen LogP contribution in [0, 0.1) is 12.8 Å². The average Bonchev–Trinajstić information content (AvgIpc) is 2.59. The fourth-order valence-corrected chi connectivity index (χ4v) is 1.22. The molecule has 0 spiro atoms. The number of aliphatic carboxylic acids is 1. The first-order valence-electron chi connectivity index (χ1n) is 4.86. The first-order valence-corrected chi connectivity index (χ1v) is 4.86. The second-order valence-electron chi connectivity index (χ2n) is 3.66. The maximum absolute atomic E-state index is 11.4. The molecular formula is C10H14N2O4. The lowest BCUT2D eigenvalue weighted by atomic mass is 10.1. The minimum absolute atomic E-state index is 0.0800. The number of carbonyl (C=O) groups is 2. The number of hydrogen-bond acceptors (Lipinski definition) is 4. The van der Waals surface area contributed by atoms with E-state index >= 15 is 0 Å². The van der Waals surface area contributed by atoms with Crippen molar-refractivity contribution in [3.63, 3.8) is 0 Å². The molecule has 0 fully saturated rings. The van der Waals surface area contributed by atoms with Crippen molar-refractivity contribution in [3.05, 3.63) is 11.8 Å². The molecular weight excluding hydrogens is 212 g/mol. The fourth-order valence-electron chi connectivity index (χ4n) is 1.22. The van der Waals surface area contributed by atoms with E-state index in [1.54, 1.807) is 13.0 Å². The zero-order chi connectivity index (χ0) is 12.3. The Morgan fingerprint density at radius 3 is 2.62 bits per heavy atom. The van der Waals surface area contributed by atoms with E-state index in [-0.39, 0.29) is 12.5 Å². The highest BCUT2D eigenvalue weighted by molar-refractivity contribution is 5.91. The molecule has 0 aliphatic rings. The van der Waals surface area contributed by atoms with Crippen LogP contribution in [0.3, 0.4) is 0 Å². The van der Waals surface area contributed by atoms with Gasteiger partial charge in [0.15, 0.2) is 5.82 Å². The van der Waals surface area contributed by atoms with Gasteiger partial charge in [-0.2, -0.15) is 0 Å². The summed E-state index contributed by atoms with van der Waals surface area (Å²) < 4.78 is 4.85. The van der Waals surface area contributed by atoms with Crippen molar-refractivity contribution in [2.45, 2.75) is 20.8 Å². The van der Waals surface area contributed by atoms with Crippen molar-refractivity contribution < 1.29 is 19.2 Å². The van der Waals surface area contributed by atoms with Crippen molar-refractivity contribution in [3.8, 4) is 0 Å². The van der Waals surface area contributed by atoms with E-state index in [1.165, 1.54) is 18.7 Å². The first kappa shape index (κ1) is 12.2. The molecule has 0 saturated carbocycles. The lowest BCUT2D eigenvalue weighted by Gasteiger charge is -2.19. The quantitative estimate of drug-likeness (QED) is 0.829. The van der Waals surface area contributed by atoms with Gasteiger partial charge in [-0.3, -0.25) is 14.5 Å². The number of anilines is 1. The molecule has 0 bridgehead atoms. The number of amides is 1. The van der Waals surface area contributed by atoms with Crippen LogP contribution in [0.2, 0.25) is 0 Å². The normalized spacial score (nSPS) is 12.2. The van der Waals surface area contributed by atoms with Crippen LogP contribution in [-0.2, 0) is 9.59 Å². The summed E-state index contributed by atoms with van der Waals surface area (Å²) in [5, 5.41) is 12.5. The van der Waals surface area contributed by atoms with Crippen molar-refractivity contribution in [1.82, 2.24) is 5.16 Å². The Morgan fingerprint density at radius 1 is 1.62 bits per heavy atom. The Kier molecular flexibility index (Phi) is 3.65. The highest BCUT2D eigenvalue weighted by Crippen LogP contribution is 2.15. The van der Waals surface area contributed by atoms with Crippen LogP contribution >= 0.6 is 0 Å². The lowest BCUT2D eigenvalue weighted by molar-refractivity contribution is -0.140. The zero-order valence-corrected chi connectivity index (χ0v) is 9.43. The minimum Gasteiger partial charge on any atom is -0.481 e. The Morgan fingerprint density at radius 2 is 2.25 bits per heavy atom. The van der Waals surface area contributed by atoms with Crippen molar-refractivity contribution >= 4 is 17.7 Å². The van der Waals surface area contributed by atoms with Crippen molar-refractivity contribution in [2.24, 2.45) is 5.92 Å². The molecule has 1 heterocycles. The number of carbonyl (C=O) groups excluding carboxylic acids is 1. The number of hydrogen-bond donors (Lipinski definition) is 1. The topological polar surface area (TPSA) is 83.6 Å². The van der Waals surface area contributed by atoms with Gasteiger partial charge in [0.05, 0.1) is 5.92 Å².